The number of sulfonamides is 1. The second-order valence-electron chi connectivity index (χ2n) is 5.06. The van der Waals surface area contributed by atoms with Crippen molar-refractivity contribution < 1.29 is 22.1 Å². The van der Waals surface area contributed by atoms with Crippen molar-refractivity contribution in [3.05, 3.63) is 36.4 Å². The first-order valence-electron chi connectivity index (χ1n) is 6.92. The van der Waals surface area contributed by atoms with Crippen LogP contribution in [-0.2, 0) is 10.0 Å². The van der Waals surface area contributed by atoms with Crippen molar-refractivity contribution in [1.82, 2.24) is 14.4 Å². The van der Waals surface area contributed by atoms with E-state index in [2.05, 4.69) is 10.1 Å². The average molecular weight is 349 g/mol. The molecule has 2 heterocycles. The third-order valence-electron chi connectivity index (χ3n) is 3.30. The lowest BCUT2D eigenvalue weighted by atomic mass is 10.2. The average Bonchev–Trinajstić information content (AvgIpc) is 3.24. The highest BCUT2D eigenvalue weighted by Gasteiger charge is 2.23. The molecule has 0 unspecified atom stereocenters. The number of aromatic nitrogens is 2. The lowest BCUT2D eigenvalue weighted by Gasteiger charge is -2.07. The standard InChI is InChI=1S/C15H15N3O5S/c1-18(2)24(19,20)13-9-8-12(22-13)15-16-14(17-23-15)10-4-6-11(21-3)7-5-10/h4-9H,1-3H3. The zero-order valence-electron chi connectivity index (χ0n) is 13.3. The van der Waals surface area contributed by atoms with E-state index in [0.717, 1.165) is 9.87 Å². The van der Waals surface area contributed by atoms with Crippen LogP contribution in [0.2, 0.25) is 0 Å². The minimum Gasteiger partial charge on any atom is -0.497 e. The van der Waals surface area contributed by atoms with Crippen LogP contribution in [0.15, 0.2) is 50.4 Å². The number of furan rings is 1. The van der Waals surface area contributed by atoms with E-state index in [1.165, 1.54) is 26.2 Å². The molecule has 9 heteroatoms. The van der Waals surface area contributed by atoms with Crippen LogP contribution in [0.25, 0.3) is 23.0 Å². The largest absolute Gasteiger partial charge is 0.497 e. The summed E-state index contributed by atoms with van der Waals surface area (Å²) in [6, 6.07) is 9.96. The van der Waals surface area contributed by atoms with Crippen molar-refractivity contribution in [1.29, 1.82) is 0 Å². The SMILES string of the molecule is COc1ccc(-c2noc(-c3ccc(S(=O)(=O)N(C)C)o3)n2)cc1. The molecular formula is C15H15N3O5S. The molecule has 0 fully saturated rings. The summed E-state index contributed by atoms with van der Waals surface area (Å²) in [4.78, 5) is 4.23. The molecule has 0 amide bonds. The lowest BCUT2D eigenvalue weighted by molar-refractivity contribution is 0.393. The monoisotopic (exact) mass is 349 g/mol. The predicted molar refractivity (Wildman–Crippen MR) is 84.9 cm³/mol. The quantitative estimate of drug-likeness (QED) is 0.696. The number of hydrogen-bond acceptors (Lipinski definition) is 7. The van der Waals surface area contributed by atoms with Gasteiger partial charge in [0.15, 0.2) is 5.76 Å². The lowest BCUT2D eigenvalue weighted by Crippen LogP contribution is -2.21. The normalized spacial score (nSPS) is 11.8. The van der Waals surface area contributed by atoms with Crippen molar-refractivity contribution in [3.63, 3.8) is 0 Å². The molecule has 0 aliphatic heterocycles. The summed E-state index contributed by atoms with van der Waals surface area (Å²) in [7, 11) is 0.772. The van der Waals surface area contributed by atoms with E-state index in [-0.39, 0.29) is 16.7 Å². The number of hydrogen-bond donors (Lipinski definition) is 0. The minimum absolute atomic E-state index is 0.0982. The topological polar surface area (TPSA) is 98.7 Å². The second kappa shape index (κ2) is 6.10. The van der Waals surface area contributed by atoms with Crippen LogP contribution in [0.1, 0.15) is 0 Å². The Bertz CT molecular complexity index is 942. The molecular weight excluding hydrogens is 334 g/mol. The molecule has 0 saturated heterocycles. The molecule has 126 valence electrons. The van der Waals surface area contributed by atoms with Crippen molar-refractivity contribution in [3.8, 4) is 28.8 Å². The molecule has 0 atom stereocenters. The summed E-state index contributed by atoms with van der Waals surface area (Å²) >= 11 is 0. The van der Waals surface area contributed by atoms with Crippen LogP contribution < -0.4 is 4.74 Å². The molecule has 0 radical (unpaired) electrons. The van der Waals surface area contributed by atoms with Crippen molar-refractivity contribution in [2.24, 2.45) is 0 Å². The van der Waals surface area contributed by atoms with Gasteiger partial charge in [0, 0.05) is 19.7 Å². The smallest absolute Gasteiger partial charge is 0.293 e. The zero-order valence-corrected chi connectivity index (χ0v) is 14.1. The molecule has 0 bridgehead atoms. The highest BCUT2D eigenvalue weighted by Crippen LogP contribution is 2.27. The van der Waals surface area contributed by atoms with E-state index < -0.39 is 10.0 Å². The maximum absolute atomic E-state index is 12.0. The van der Waals surface area contributed by atoms with Crippen LogP contribution in [0.3, 0.4) is 0 Å². The van der Waals surface area contributed by atoms with E-state index in [1.54, 1.807) is 31.4 Å². The third kappa shape index (κ3) is 2.91. The van der Waals surface area contributed by atoms with E-state index in [9.17, 15) is 8.42 Å². The first-order valence-corrected chi connectivity index (χ1v) is 8.36. The summed E-state index contributed by atoms with van der Waals surface area (Å²) in [6.45, 7) is 0. The molecule has 0 spiro atoms. The van der Waals surface area contributed by atoms with Crippen LogP contribution in [0, 0.1) is 0 Å². The maximum Gasteiger partial charge on any atom is 0.293 e. The van der Waals surface area contributed by atoms with Gasteiger partial charge in [-0.05, 0) is 36.4 Å². The zero-order chi connectivity index (χ0) is 17.3. The summed E-state index contributed by atoms with van der Waals surface area (Å²) in [5.41, 5.74) is 0.735. The summed E-state index contributed by atoms with van der Waals surface area (Å²) in [6.07, 6.45) is 0. The summed E-state index contributed by atoms with van der Waals surface area (Å²) in [5.74, 6) is 1.36. The molecule has 2 aromatic heterocycles. The van der Waals surface area contributed by atoms with E-state index in [0.29, 0.717) is 11.6 Å². The number of nitrogens with zero attached hydrogens (tertiary/aromatic N) is 3. The van der Waals surface area contributed by atoms with Crippen LogP contribution in [-0.4, -0.2) is 44.1 Å². The highest BCUT2D eigenvalue weighted by atomic mass is 32.2. The van der Waals surface area contributed by atoms with Gasteiger partial charge < -0.3 is 13.7 Å². The molecule has 24 heavy (non-hydrogen) atoms. The first-order chi connectivity index (χ1) is 11.4. The Kier molecular flexibility index (Phi) is 4.12. The van der Waals surface area contributed by atoms with Gasteiger partial charge in [0.05, 0.1) is 7.11 Å². The third-order valence-corrected chi connectivity index (χ3v) is 4.99. The molecule has 1 aromatic carbocycles. The molecule has 0 aliphatic carbocycles. The predicted octanol–water partition coefficient (Wildman–Crippen LogP) is 2.26. The molecule has 0 N–H and O–H groups in total. The van der Waals surface area contributed by atoms with Crippen LogP contribution in [0.4, 0.5) is 0 Å². The second-order valence-corrected chi connectivity index (χ2v) is 7.14. The summed E-state index contributed by atoms with van der Waals surface area (Å²) < 4.78 is 40.7. The fraction of sp³-hybridized carbons (Fsp3) is 0.200. The Balaban J connectivity index is 1.90. The van der Waals surface area contributed by atoms with Gasteiger partial charge in [-0.2, -0.15) is 4.98 Å². The van der Waals surface area contributed by atoms with Gasteiger partial charge in [-0.3, -0.25) is 0 Å². The van der Waals surface area contributed by atoms with Crippen LogP contribution in [0.5, 0.6) is 5.75 Å². The van der Waals surface area contributed by atoms with E-state index in [1.807, 2.05) is 0 Å². The number of ether oxygens (including phenoxy) is 1. The van der Waals surface area contributed by atoms with Gasteiger partial charge in [0.25, 0.3) is 15.9 Å². The fourth-order valence-corrected chi connectivity index (χ4v) is 2.73. The van der Waals surface area contributed by atoms with Gasteiger partial charge in [0.2, 0.25) is 10.9 Å². The number of benzene rings is 1. The number of methoxy groups -OCH3 is 1. The highest BCUT2D eigenvalue weighted by molar-refractivity contribution is 7.88. The Morgan fingerprint density at radius 2 is 1.79 bits per heavy atom. The van der Waals surface area contributed by atoms with Gasteiger partial charge >= 0.3 is 0 Å². The molecule has 3 rings (SSSR count). The van der Waals surface area contributed by atoms with Gasteiger partial charge in [0.1, 0.15) is 5.75 Å². The summed E-state index contributed by atoms with van der Waals surface area (Å²) in [5, 5.41) is 3.69. The fourth-order valence-electron chi connectivity index (χ4n) is 1.93. The maximum atomic E-state index is 12.0. The van der Waals surface area contributed by atoms with E-state index in [4.69, 9.17) is 13.7 Å². The van der Waals surface area contributed by atoms with Gasteiger partial charge in [-0.25, -0.2) is 12.7 Å². The van der Waals surface area contributed by atoms with Gasteiger partial charge in [-0.15, -0.1) is 0 Å². The molecule has 0 aliphatic rings. The van der Waals surface area contributed by atoms with Gasteiger partial charge in [-0.1, -0.05) is 5.16 Å². The molecule has 0 saturated carbocycles. The molecule has 3 aromatic rings. The van der Waals surface area contributed by atoms with Crippen molar-refractivity contribution in [2.75, 3.05) is 21.2 Å². The van der Waals surface area contributed by atoms with Crippen LogP contribution >= 0.6 is 0 Å². The first kappa shape index (κ1) is 16.2. The Morgan fingerprint density at radius 3 is 2.42 bits per heavy atom. The minimum atomic E-state index is -3.65. The van der Waals surface area contributed by atoms with E-state index >= 15 is 0 Å². The van der Waals surface area contributed by atoms with Crippen molar-refractivity contribution >= 4 is 10.0 Å². The Hall–Kier alpha value is -2.65. The number of rotatable bonds is 5. The Labute approximate surface area is 138 Å². The Morgan fingerprint density at radius 1 is 1.08 bits per heavy atom. The molecule has 8 nitrogen and oxygen atoms in total. The van der Waals surface area contributed by atoms with Crippen molar-refractivity contribution in [2.45, 2.75) is 5.09 Å².